The average molecular weight is 785 g/mol. The predicted octanol–water partition coefficient (Wildman–Crippen LogP) is 11.4. The molecule has 3 aromatic carbocycles. The predicted molar refractivity (Wildman–Crippen MR) is 226 cm³/mol. The van der Waals surface area contributed by atoms with Crippen LogP contribution in [0, 0.1) is 0 Å². The molecule has 57 heavy (non-hydrogen) atoms. The van der Waals surface area contributed by atoms with Crippen LogP contribution in [0.1, 0.15) is 120 Å². The van der Waals surface area contributed by atoms with Crippen LogP contribution in [0.25, 0.3) is 11.1 Å². The molecule has 9 heteroatoms. The van der Waals surface area contributed by atoms with E-state index in [0.29, 0.717) is 37.7 Å². The quantitative estimate of drug-likeness (QED) is 0.0265. The lowest BCUT2D eigenvalue weighted by atomic mass is 10.1. The lowest BCUT2D eigenvalue weighted by Crippen LogP contribution is -2.19. The Morgan fingerprint density at radius 2 is 0.912 bits per heavy atom. The maximum absolute atomic E-state index is 12.8. The van der Waals surface area contributed by atoms with Crippen molar-refractivity contribution >= 4 is 17.9 Å². The van der Waals surface area contributed by atoms with Gasteiger partial charge in [0.25, 0.3) is 0 Å². The Balaban J connectivity index is 1.22. The van der Waals surface area contributed by atoms with Crippen molar-refractivity contribution in [3.05, 3.63) is 104 Å². The first-order valence-corrected chi connectivity index (χ1v) is 20.9. The lowest BCUT2D eigenvalue weighted by molar-refractivity contribution is -0.138. The molecule has 0 saturated heterocycles. The molecule has 0 unspecified atom stereocenters. The molecule has 3 rings (SSSR count). The number of carbonyl (C=O) groups excluding carboxylic acids is 3. The van der Waals surface area contributed by atoms with Gasteiger partial charge >= 0.3 is 17.9 Å². The molecule has 0 amide bonds. The van der Waals surface area contributed by atoms with Crippen molar-refractivity contribution < 1.29 is 42.8 Å². The number of hydrogen-bond acceptors (Lipinski definition) is 9. The largest absolute Gasteiger partial charge is 0.494 e. The van der Waals surface area contributed by atoms with Crippen LogP contribution in [0.4, 0.5) is 0 Å². The van der Waals surface area contributed by atoms with Gasteiger partial charge in [-0.25, -0.2) is 14.4 Å². The Bertz CT molecular complexity index is 1560. The minimum atomic E-state index is -0.419. The van der Waals surface area contributed by atoms with Gasteiger partial charge in [-0.1, -0.05) is 114 Å². The Hall–Kier alpha value is -4.89. The van der Waals surface area contributed by atoms with E-state index in [1.165, 1.54) is 57.1 Å². The molecule has 0 aromatic heterocycles. The first kappa shape index (κ1) is 46.5. The van der Waals surface area contributed by atoms with Gasteiger partial charge in [-0.3, -0.25) is 0 Å². The third-order valence-electron chi connectivity index (χ3n) is 9.34. The monoisotopic (exact) mass is 784 g/mol. The van der Waals surface area contributed by atoms with Gasteiger partial charge < -0.3 is 28.4 Å². The second-order valence-electron chi connectivity index (χ2n) is 14.2. The highest BCUT2D eigenvalue weighted by Crippen LogP contribution is 2.26. The molecule has 0 aliphatic heterocycles. The lowest BCUT2D eigenvalue weighted by Gasteiger charge is -2.15. The highest BCUT2D eigenvalue weighted by Gasteiger charge is 2.10. The van der Waals surface area contributed by atoms with Gasteiger partial charge in [-0.15, -0.1) is 0 Å². The summed E-state index contributed by atoms with van der Waals surface area (Å²) in [6.07, 6.45) is 20.1. The molecule has 0 spiro atoms. The summed E-state index contributed by atoms with van der Waals surface area (Å²) in [5.74, 6) is 0.882. The first-order valence-electron chi connectivity index (χ1n) is 20.9. The zero-order valence-electron chi connectivity index (χ0n) is 34.1. The number of esters is 3. The van der Waals surface area contributed by atoms with Crippen molar-refractivity contribution in [3.8, 4) is 28.4 Å². The van der Waals surface area contributed by atoms with Crippen LogP contribution in [-0.4, -0.2) is 57.0 Å². The fraction of sp³-hybridized carbons (Fsp3) is 0.479. The molecule has 0 aliphatic rings. The topological polar surface area (TPSA) is 107 Å². The summed E-state index contributed by atoms with van der Waals surface area (Å²) >= 11 is 0. The summed E-state index contributed by atoms with van der Waals surface area (Å²) < 4.78 is 33.4. The van der Waals surface area contributed by atoms with Crippen LogP contribution in [0.15, 0.2) is 98.1 Å². The summed E-state index contributed by atoms with van der Waals surface area (Å²) in [7, 11) is 0. The van der Waals surface area contributed by atoms with Crippen LogP contribution >= 0.6 is 0 Å². The Morgan fingerprint density at radius 1 is 0.509 bits per heavy atom. The van der Waals surface area contributed by atoms with E-state index >= 15 is 0 Å². The number of hydrogen-bond donors (Lipinski definition) is 0. The number of benzene rings is 3. The summed E-state index contributed by atoms with van der Waals surface area (Å²) in [5.41, 5.74) is 2.50. The zero-order chi connectivity index (χ0) is 40.8. The summed E-state index contributed by atoms with van der Waals surface area (Å²) in [6.45, 7) is 11.7. The minimum Gasteiger partial charge on any atom is -0.494 e. The van der Waals surface area contributed by atoms with E-state index in [2.05, 4.69) is 13.2 Å². The Morgan fingerprint density at radius 3 is 1.39 bits per heavy atom. The SMILES string of the molecule is C=CC(=O)OCCCCCCCCCCOC[C@H](C)Oc1ccc(-c2ccc(OC(=O)c3ccc(OCCCCCCCCCCOC(=O)C=C)cc3)cc2)cc1. The second-order valence-corrected chi connectivity index (χ2v) is 14.2. The van der Waals surface area contributed by atoms with E-state index < -0.39 is 5.97 Å². The standard InChI is InChI=1S/C48H64O9/c1-4-46(49)54-36-20-16-12-7-6-10-14-18-34-52-38-39(3)56-44-30-22-40(23-31-44)41-24-32-45(33-25-41)57-48(51)42-26-28-43(29-27-42)53-35-19-15-11-8-9-13-17-21-37-55-47(50)5-2/h4-5,22-33,39H,1-2,6-21,34-38H2,3H3/t39-/m0/s1. The van der Waals surface area contributed by atoms with Gasteiger partial charge in [0.2, 0.25) is 0 Å². The molecule has 0 N–H and O–H groups in total. The van der Waals surface area contributed by atoms with Gasteiger partial charge in [-0.05, 0) is 92.3 Å². The molecule has 0 fully saturated rings. The van der Waals surface area contributed by atoms with Gasteiger partial charge in [0.05, 0.1) is 32.0 Å². The van der Waals surface area contributed by atoms with Crippen LogP contribution < -0.4 is 14.2 Å². The van der Waals surface area contributed by atoms with Crippen molar-refractivity contribution in [2.75, 3.05) is 33.0 Å². The van der Waals surface area contributed by atoms with E-state index in [9.17, 15) is 14.4 Å². The molecular weight excluding hydrogens is 721 g/mol. The molecule has 9 nitrogen and oxygen atoms in total. The van der Waals surface area contributed by atoms with Crippen molar-refractivity contribution in [2.24, 2.45) is 0 Å². The third-order valence-corrected chi connectivity index (χ3v) is 9.34. The fourth-order valence-corrected chi connectivity index (χ4v) is 6.10. The Labute approximate surface area is 340 Å². The smallest absolute Gasteiger partial charge is 0.343 e. The highest BCUT2D eigenvalue weighted by atomic mass is 16.5. The second kappa shape index (κ2) is 29.4. The Kier molecular flexibility index (Phi) is 24.0. The van der Waals surface area contributed by atoms with E-state index in [1.54, 1.807) is 36.4 Å². The molecule has 0 bridgehead atoms. The van der Waals surface area contributed by atoms with Crippen LogP contribution in [0.5, 0.6) is 17.2 Å². The average Bonchev–Trinajstić information content (AvgIpc) is 3.23. The normalized spacial score (nSPS) is 11.3. The molecule has 1 atom stereocenters. The molecule has 310 valence electrons. The molecular formula is C48H64O9. The van der Waals surface area contributed by atoms with Crippen LogP contribution in [-0.2, 0) is 23.8 Å². The number of carbonyl (C=O) groups is 3. The first-order chi connectivity index (χ1) is 27.9. The molecule has 3 aromatic rings. The van der Waals surface area contributed by atoms with E-state index in [-0.39, 0.29) is 18.0 Å². The van der Waals surface area contributed by atoms with E-state index in [1.807, 2.05) is 43.3 Å². The van der Waals surface area contributed by atoms with E-state index in [4.69, 9.17) is 28.4 Å². The van der Waals surface area contributed by atoms with E-state index in [0.717, 1.165) is 87.0 Å². The maximum atomic E-state index is 12.8. The maximum Gasteiger partial charge on any atom is 0.343 e. The molecule has 0 radical (unpaired) electrons. The van der Waals surface area contributed by atoms with Gasteiger partial charge in [0, 0.05) is 18.8 Å². The molecule has 0 aliphatic carbocycles. The van der Waals surface area contributed by atoms with Crippen molar-refractivity contribution in [1.29, 1.82) is 0 Å². The van der Waals surface area contributed by atoms with Crippen LogP contribution in [0.2, 0.25) is 0 Å². The third kappa shape index (κ3) is 21.3. The van der Waals surface area contributed by atoms with Gasteiger partial charge in [0.1, 0.15) is 23.4 Å². The summed E-state index contributed by atoms with van der Waals surface area (Å²) in [4.78, 5) is 34.8. The molecule has 0 heterocycles. The zero-order valence-corrected chi connectivity index (χ0v) is 34.1. The summed E-state index contributed by atoms with van der Waals surface area (Å²) in [6, 6.07) is 22.5. The number of rotatable bonds is 32. The van der Waals surface area contributed by atoms with Gasteiger partial charge in [-0.2, -0.15) is 0 Å². The summed E-state index contributed by atoms with van der Waals surface area (Å²) in [5, 5.41) is 0. The van der Waals surface area contributed by atoms with Crippen molar-refractivity contribution in [2.45, 2.75) is 116 Å². The van der Waals surface area contributed by atoms with Crippen molar-refractivity contribution in [3.63, 3.8) is 0 Å². The number of unbranched alkanes of at least 4 members (excludes halogenated alkanes) is 14. The van der Waals surface area contributed by atoms with Crippen LogP contribution in [0.3, 0.4) is 0 Å². The number of ether oxygens (including phenoxy) is 6. The van der Waals surface area contributed by atoms with Gasteiger partial charge in [0.15, 0.2) is 0 Å². The molecule has 0 saturated carbocycles. The highest BCUT2D eigenvalue weighted by molar-refractivity contribution is 5.91. The van der Waals surface area contributed by atoms with Crippen molar-refractivity contribution in [1.82, 2.24) is 0 Å². The minimum absolute atomic E-state index is 0.0585. The fourth-order valence-electron chi connectivity index (χ4n) is 6.10.